The minimum absolute atomic E-state index is 0.0855. The van der Waals surface area contributed by atoms with Crippen LogP contribution in [-0.4, -0.2) is 31.7 Å². The van der Waals surface area contributed by atoms with Crippen LogP contribution in [0.2, 0.25) is 0 Å². The molecule has 0 fully saturated rings. The van der Waals surface area contributed by atoms with Crippen molar-refractivity contribution in [3.8, 4) is 22.7 Å². The molecule has 0 N–H and O–H groups in total. The van der Waals surface area contributed by atoms with Crippen molar-refractivity contribution in [3.05, 3.63) is 113 Å². The molecule has 0 aliphatic heterocycles. The molecule has 6 aromatic rings. The Morgan fingerprint density at radius 3 is 2.56 bits per heavy atom. The van der Waals surface area contributed by atoms with Crippen LogP contribution in [-0.2, 0) is 6.54 Å². The van der Waals surface area contributed by atoms with Crippen LogP contribution in [0, 0.1) is 6.92 Å². The third-order valence-corrected chi connectivity index (χ3v) is 6.39. The van der Waals surface area contributed by atoms with Crippen LogP contribution in [0.4, 0.5) is 0 Å². The quantitative estimate of drug-likeness (QED) is 0.346. The van der Waals surface area contributed by atoms with E-state index in [0.717, 1.165) is 39.0 Å². The molecule has 176 valence electrons. The van der Waals surface area contributed by atoms with Gasteiger partial charge in [-0.2, -0.15) is 0 Å². The lowest BCUT2D eigenvalue weighted by Gasteiger charge is -2.15. The van der Waals surface area contributed by atoms with Crippen molar-refractivity contribution in [2.24, 2.45) is 0 Å². The van der Waals surface area contributed by atoms with Crippen LogP contribution in [0.25, 0.3) is 38.6 Å². The number of hydrogen-bond acceptors (Lipinski definition) is 5. The second-order valence-electron chi connectivity index (χ2n) is 8.67. The number of rotatable bonds is 5. The van der Waals surface area contributed by atoms with Crippen molar-refractivity contribution in [2.75, 3.05) is 7.11 Å². The highest BCUT2D eigenvalue weighted by Crippen LogP contribution is 2.26. The van der Waals surface area contributed by atoms with E-state index in [0.29, 0.717) is 23.3 Å². The van der Waals surface area contributed by atoms with Gasteiger partial charge in [0.15, 0.2) is 0 Å². The van der Waals surface area contributed by atoms with Crippen LogP contribution >= 0.6 is 0 Å². The maximum absolute atomic E-state index is 13.4. The summed E-state index contributed by atoms with van der Waals surface area (Å²) in [6, 6.07) is 27.4. The molecule has 0 saturated heterocycles. The third-order valence-electron chi connectivity index (χ3n) is 6.39. The fraction of sp³-hybridized carbons (Fsp3) is 0.103. The van der Waals surface area contributed by atoms with Crippen LogP contribution < -0.4 is 10.3 Å². The number of fused-ring (bicyclic) bond motifs is 2. The number of hydrogen-bond donors (Lipinski definition) is 0. The van der Waals surface area contributed by atoms with Crippen molar-refractivity contribution >= 4 is 21.7 Å². The summed E-state index contributed by atoms with van der Waals surface area (Å²) in [5.74, 6) is 1.47. The van der Waals surface area contributed by atoms with Crippen LogP contribution in [0.3, 0.4) is 0 Å². The predicted octanol–water partition coefficient (Wildman–Crippen LogP) is 5.16. The summed E-state index contributed by atoms with van der Waals surface area (Å²) < 4.78 is 8.79. The lowest BCUT2D eigenvalue weighted by atomic mass is 10.1. The number of nitrogens with zero attached hydrogens (tertiary/aromatic N) is 5. The first-order valence-electron chi connectivity index (χ1n) is 11.7. The summed E-state index contributed by atoms with van der Waals surface area (Å²) in [6.45, 7) is 2.32. The van der Waals surface area contributed by atoms with Crippen LogP contribution in [0.1, 0.15) is 11.4 Å². The number of methoxy groups -OCH3 is 1. The molecule has 4 aromatic carbocycles. The molecule has 0 atom stereocenters. The molecule has 2 aromatic heterocycles. The SMILES string of the molecule is COc1ccc2cc(-c3cn(Cc4ccccc4-n4c(C)nc5ccccc5c4=O)nn3)ccc2c1. The van der Waals surface area contributed by atoms with Gasteiger partial charge in [-0.15, -0.1) is 5.10 Å². The zero-order chi connectivity index (χ0) is 24.6. The van der Waals surface area contributed by atoms with Crippen molar-refractivity contribution in [3.63, 3.8) is 0 Å². The molecule has 0 unspecified atom stereocenters. The van der Waals surface area contributed by atoms with Crippen LogP contribution in [0.5, 0.6) is 5.75 Å². The van der Waals surface area contributed by atoms with E-state index >= 15 is 0 Å². The van der Waals surface area contributed by atoms with Gasteiger partial charge < -0.3 is 4.74 Å². The fourth-order valence-electron chi connectivity index (χ4n) is 4.58. The van der Waals surface area contributed by atoms with E-state index in [9.17, 15) is 4.79 Å². The highest BCUT2D eigenvalue weighted by atomic mass is 16.5. The Labute approximate surface area is 207 Å². The molecule has 2 heterocycles. The molecule has 0 aliphatic carbocycles. The molecule has 0 radical (unpaired) electrons. The minimum Gasteiger partial charge on any atom is -0.497 e. The molecule has 7 nitrogen and oxygen atoms in total. The molecule has 7 heteroatoms. The summed E-state index contributed by atoms with van der Waals surface area (Å²) in [7, 11) is 1.67. The molecule has 0 amide bonds. The van der Waals surface area contributed by atoms with Gasteiger partial charge in [0.1, 0.15) is 17.3 Å². The normalized spacial score (nSPS) is 11.3. The Bertz CT molecular complexity index is 1800. The van der Waals surface area contributed by atoms with E-state index < -0.39 is 0 Å². The average Bonchev–Trinajstić information content (AvgIpc) is 3.37. The lowest BCUT2D eigenvalue weighted by Crippen LogP contribution is -2.23. The molecule has 6 rings (SSSR count). The lowest BCUT2D eigenvalue weighted by molar-refractivity contribution is 0.415. The molecule has 0 aliphatic rings. The van der Waals surface area contributed by atoms with Gasteiger partial charge in [0.2, 0.25) is 0 Å². The predicted molar refractivity (Wildman–Crippen MR) is 141 cm³/mol. The van der Waals surface area contributed by atoms with Crippen LogP contribution in [0.15, 0.2) is 95.9 Å². The molecular formula is C29H23N5O2. The van der Waals surface area contributed by atoms with E-state index in [2.05, 4.69) is 27.4 Å². The second kappa shape index (κ2) is 8.78. The van der Waals surface area contributed by atoms with Crippen molar-refractivity contribution < 1.29 is 4.74 Å². The van der Waals surface area contributed by atoms with Gasteiger partial charge in [-0.1, -0.05) is 53.7 Å². The largest absolute Gasteiger partial charge is 0.497 e. The van der Waals surface area contributed by atoms with Gasteiger partial charge in [-0.3, -0.25) is 9.36 Å². The number of para-hydroxylation sites is 2. The van der Waals surface area contributed by atoms with E-state index in [1.54, 1.807) is 16.4 Å². The summed E-state index contributed by atoms with van der Waals surface area (Å²) in [4.78, 5) is 18.0. The number of ether oxygens (including phenoxy) is 1. The van der Waals surface area contributed by atoms with Crippen molar-refractivity contribution in [1.29, 1.82) is 0 Å². The van der Waals surface area contributed by atoms with E-state index in [1.807, 2.05) is 85.9 Å². The minimum atomic E-state index is -0.0855. The maximum atomic E-state index is 13.4. The van der Waals surface area contributed by atoms with Crippen molar-refractivity contribution in [2.45, 2.75) is 13.5 Å². The van der Waals surface area contributed by atoms with Gasteiger partial charge in [-0.25, -0.2) is 9.67 Å². The van der Waals surface area contributed by atoms with E-state index in [4.69, 9.17) is 4.74 Å². The summed E-state index contributed by atoms with van der Waals surface area (Å²) in [5, 5.41) is 11.6. The van der Waals surface area contributed by atoms with Gasteiger partial charge in [0.25, 0.3) is 5.56 Å². The zero-order valence-electron chi connectivity index (χ0n) is 19.9. The Morgan fingerprint density at radius 2 is 1.67 bits per heavy atom. The second-order valence-corrected chi connectivity index (χ2v) is 8.67. The van der Waals surface area contributed by atoms with Gasteiger partial charge in [0, 0.05) is 5.56 Å². The molecule has 0 bridgehead atoms. The number of aromatic nitrogens is 5. The molecule has 0 spiro atoms. The monoisotopic (exact) mass is 473 g/mol. The highest BCUT2D eigenvalue weighted by Gasteiger charge is 2.14. The fourth-order valence-corrected chi connectivity index (χ4v) is 4.58. The topological polar surface area (TPSA) is 74.8 Å². The Morgan fingerprint density at radius 1 is 0.889 bits per heavy atom. The van der Waals surface area contributed by atoms with Gasteiger partial charge in [0.05, 0.1) is 36.4 Å². The van der Waals surface area contributed by atoms with E-state index in [1.165, 1.54) is 0 Å². The average molecular weight is 474 g/mol. The first-order valence-corrected chi connectivity index (χ1v) is 11.7. The first-order chi connectivity index (χ1) is 17.6. The van der Waals surface area contributed by atoms with Gasteiger partial charge in [-0.05, 0) is 59.7 Å². The summed E-state index contributed by atoms with van der Waals surface area (Å²) >= 11 is 0. The van der Waals surface area contributed by atoms with Crippen molar-refractivity contribution in [1.82, 2.24) is 24.5 Å². The standard InChI is InChI=1S/C29H23N5O2/c1-19-30-26-9-5-4-8-25(26)29(35)34(19)28-10-6-3-7-23(28)17-33-18-27(31-32-33)22-12-11-21-16-24(36-2)14-13-20(21)15-22/h3-16,18H,17H2,1-2H3. The third kappa shape index (κ3) is 3.80. The zero-order valence-corrected chi connectivity index (χ0v) is 19.9. The number of aryl methyl sites for hydroxylation is 1. The summed E-state index contributed by atoms with van der Waals surface area (Å²) in [6.07, 6.45) is 1.93. The molecule has 36 heavy (non-hydrogen) atoms. The molecular weight excluding hydrogens is 450 g/mol. The van der Waals surface area contributed by atoms with E-state index in [-0.39, 0.29) is 5.56 Å². The Balaban J connectivity index is 1.35. The molecule has 0 saturated carbocycles. The highest BCUT2D eigenvalue weighted by molar-refractivity contribution is 5.87. The first kappa shape index (κ1) is 21.7. The maximum Gasteiger partial charge on any atom is 0.265 e. The number of benzene rings is 4. The van der Waals surface area contributed by atoms with Gasteiger partial charge >= 0.3 is 0 Å². The smallest absolute Gasteiger partial charge is 0.265 e. The summed E-state index contributed by atoms with van der Waals surface area (Å²) in [5.41, 5.74) is 4.11. The Kier molecular flexibility index (Phi) is 5.30. The Hall–Kier alpha value is -4.78.